The molecule has 0 saturated carbocycles. The maximum absolute atomic E-state index is 11.9. The highest BCUT2D eigenvalue weighted by Gasteiger charge is 2.30. The third-order valence-electron chi connectivity index (χ3n) is 5.20. The van der Waals surface area contributed by atoms with Gasteiger partial charge in [0.05, 0.1) is 12.2 Å². The molecule has 2 aromatic carbocycles. The summed E-state index contributed by atoms with van der Waals surface area (Å²) < 4.78 is 7.70. The zero-order valence-corrected chi connectivity index (χ0v) is 16.5. The molecule has 1 aliphatic heterocycles. The summed E-state index contributed by atoms with van der Waals surface area (Å²) in [5, 5.41) is 11.0. The summed E-state index contributed by atoms with van der Waals surface area (Å²) >= 11 is 0. The molecule has 0 aliphatic carbocycles. The highest BCUT2D eigenvalue weighted by atomic mass is 16.5. The molecule has 1 saturated heterocycles. The molecule has 2 N–H and O–H groups in total. The maximum Gasteiger partial charge on any atom is 0.220 e. The molecule has 0 unspecified atom stereocenters. The molecule has 0 bridgehead atoms. The van der Waals surface area contributed by atoms with Crippen molar-refractivity contribution in [2.24, 2.45) is 7.05 Å². The normalized spacial score (nSPS) is 19.0. The van der Waals surface area contributed by atoms with Crippen molar-refractivity contribution in [1.29, 1.82) is 0 Å². The van der Waals surface area contributed by atoms with E-state index in [2.05, 4.69) is 40.0 Å². The summed E-state index contributed by atoms with van der Waals surface area (Å²) in [5.41, 5.74) is 3.32. The van der Waals surface area contributed by atoms with Gasteiger partial charge in [0.25, 0.3) is 0 Å². The molecule has 6 heteroatoms. The molecule has 1 aliphatic rings. The van der Waals surface area contributed by atoms with E-state index in [-0.39, 0.29) is 18.0 Å². The number of carbonyl (C=O) groups excluding carboxylic acids is 1. The number of nitrogens with one attached hydrogen (secondary N) is 2. The Labute approximate surface area is 170 Å². The van der Waals surface area contributed by atoms with E-state index in [0.717, 1.165) is 28.9 Å². The van der Waals surface area contributed by atoms with Crippen LogP contribution in [0.5, 0.6) is 5.75 Å². The largest absolute Gasteiger partial charge is 0.489 e. The lowest BCUT2D eigenvalue weighted by atomic mass is 9.93. The third-order valence-corrected chi connectivity index (χ3v) is 5.20. The van der Waals surface area contributed by atoms with Crippen LogP contribution >= 0.6 is 0 Å². The molecule has 6 nitrogen and oxygen atoms in total. The Morgan fingerprint density at radius 2 is 2.00 bits per heavy atom. The number of carbonyl (C=O) groups is 1. The maximum atomic E-state index is 11.9. The van der Waals surface area contributed by atoms with Gasteiger partial charge in [0.2, 0.25) is 5.91 Å². The quantitative estimate of drug-likeness (QED) is 0.651. The fourth-order valence-electron chi connectivity index (χ4n) is 3.67. The van der Waals surface area contributed by atoms with Gasteiger partial charge in [-0.05, 0) is 29.7 Å². The minimum atomic E-state index is -0.0672. The molecule has 2 heterocycles. The van der Waals surface area contributed by atoms with E-state index in [4.69, 9.17) is 4.74 Å². The molecular weight excluding hydrogens is 364 g/mol. The molecule has 3 aromatic rings. The molecular formula is C23H26N4O2. The number of aromatic nitrogens is 2. The summed E-state index contributed by atoms with van der Waals surface area (Å²) in [6, 6.07) is 18.4. The number of piperidine rings is 1. The number of benzene rings is 2. The zero-order chi connectivity index (χ0) is 20.1. The van der Waals surface area contributed by atoms with Crippen molar-refractivity contribution < 1.29 is 9.53 Å². The van der Waals surface area contributed by atoms with Crippen molar-refractivity contribution in [3.05, 3.63) is 83.7 Å². The molecule has 2 atom stereocenters. The Morgan fingerprint density at radius 1 is 1.17 bits per heavy atom. The summed E-state index contributed by atoms with van der Waals surface area (Å²) in [7, 11) is 1.89. The third kappa shape index (κ3) is 5.03. The minimum Gasteiger partial charge on any atom is -0.489 e. The van der Waals surface area contributed by atoms with Crippen molar-refractivity contribution in [2.45, 2.75) is 38.1 Å². The van der Waals surface area contributed by atoms with Crippen molar-refractivity contribution in [3.63, 3.8) is 0 Å². The topological polar surface area (TPSA) is 68.2 Å². The lowest BCUT2D eigenvalue weighted by Crippen LogP contribution is -2.48. The first-order chi connectivity index (χ1) is 14.2. The molecule has 4 rings (SSSR count). The van der Waals surface area contributed by atoms with Crippen LogP contribution < -0.4 is 15.4 Å². The van der Waals surface area contributed by atoms with Gasteiger partial charge in [-0.15, -0.1) is 0 Å². The average Bonchev–Trinajstić information content (AvgIpc) is 3.18. The van der Waals surface area contributed by atoms with Gasteiger partial charge in [0.1, 0.15) is 12.4 Å². The minimum absolute atomic E-state index is 0.0672. The van der Waals surface area contributed by atoms with E-state index >= 15 is 0 Å². The summed E-state index contributed by atoms with van der Waals surface area (Å²) in [6.45, 7) is 1.26. The molecule has 0 radical (unpaired) electrons. The van der Waals surface area contributed by atoms with Gasteiger partial charge < -0.3 is 15.4 Å². The predicted molar refractivity (Wildman–Crippen MR) is 111 cm³/mol. The number of amides is 1. The van der Waals surface area contributed by atoms with E-state index in [9.17, 15) is 4.79 Å². The fourth-order valence-corrected chi connectivity index (χ4v) is 3.67. The van der Waals surface area contributed by atoms with Gasteiger partial charge in [-0.2, -0.15) is 5.10 Å². The molecule has 29 heavy (non-hydrogen) atoms. The smallest absolute Gasteiger partial charge is 0.220 e. The highest BCUT2D eigenvalue weighted by molar-refractivity contribution is 5.77. The Morgan fingerprint density at radius 3 is 2.79 bits per heavy atom. The lowest BCUT2D eigenvalue weighted by molar-refractivity contribution is -0.123. The first-order valence-electron chi connectivity index (χ1n) is 9.94. The van der Waals surface area contributed by atoms with Crippen LogP contribution in [0.25, 0.3) is 0 Å². The molecule has 1 amide bonds. The summed E-state index contributed by atoms with van der Waals surface area (Å²) in [4.78, 5) is 11.9. The van der Waals surface area contributed by atoms with E-state index < -0.39 is 0 Å². The first-order valence-corrected chi connectivity index (χ1v) is 9.94. The monoisotopic (exact) mass is 390 g/mol. The second-order valence-corrected chi connectivity index (χ2v) is 7.44. The second-order valence-electron chi connectivity index (χ2n) is 7.44. The van der Waals surface area contributed by atoms with Gasteiger partial charge in [-0.1, -0.05) is 42.5 Å². The van der Waals surface area contributed by atoms with Crippen LogP contribution in [0.1, 0.15) is 35.6 Å². The molecule has 1 fully saturated rings. The summed E-state index contributed by atoms with van der Waals surface area (Å²) in [6.07, 6.45) is 5.12. The molecule has 0 spiro atoms. The molecule has 150 valence electrons. The van der Waals surface area contributed by atoms with E-state index in [1.807, 2.05) is 49.8 Å². The van der Waals surface area contributed by atoms with Crippen LogP contribution in [0.4, 0.5) is 0 Å². The highest BCUT2D eigenvalue weighted by Crippen LogP contribution is 2.24. The number of ether oxygens (including phenoxy) is 1. The Balaban J connectivity index is 1.38. The lowest BCUT2D eigenvalue weighted by Gasteiger charge is -2.32. The Bertz CT molecular complexity index is 954. The fraction of sp³-hybridized carbons (Fsp3) is 0.304. The number of aryl methyl sites for hydroxylation is 1. The van der Waals surface area contributed by atoms with Gasteiger partial charge in [0.15, 0.2) is 0 Å². The van der Waals surface area contributed by atoms with Crippen molar-refractivity contribution >= 4 is 5.91 Å². The average molecular weight is 390 g/mol. The van der Waals surface area contributed by atoms with Crippen molar-refractivity contribution in [1.82, 2.24) is 20.4 Å². The number of rotatable bonds is 7. The first kappa shape index (κ1) is 19.2. The van der Waals surface area contributed by atoms with Gasteiger partial charge in [-0.3, -0.25) is 9.48 Å². The number of hydrogen-bond donors (Lipinski definition) is 2. The predicted octanol–water partition coefficient (Wildman–Crippen LogP) is 3.11. The second kappa shape index (κ2) is 8.92. The van der Waals surface area contributed by atoms with Crippen LogP contribution in [0.15, 0.2) is 67.0 Å². The van der Waals surface area contributed by atoms with Gasteiger partial charge >= 0.3 is 0 Å². The molecule has 1 aromatic heterocycles. The van der Waals surface area contributed by atoms with Gasteiger partial charge in [0, 0.05) is 37.8 Å². The number of nitrogens with zero attached hydrogens (tertiary/aromatic N) is 2. The van der Waals surface area contributed by atoms with Crippen LogP contribution in [-0.2, 0) is 25.0 Å². The van der Waals surface area contributed by atoms with Crippen LogP contribution in [0.3, 0.4) is 0 Å². The Hall–Kier alpha value is -3.12. The Kier molecular flexibility index (Phi) is 5.91. The number of hydrogen-bond acceptors (Lipinski definition) is 4. The van der Waals surface area contributed by atoms with Crippen molar-refractivity contribution in [2.75, 3.05) is 0 Å². The van der Waals surface area contributed by atoms with Gasteiger partial charge in [-0.25, -0.2) is 0 Å². The van der Waals surface area contributed by atoms with Crippen LogP contribution in [0.2, 0.25) is 0 Å². The van der Waals surface area contributed by atoms with Crippen molar-refractivity contribution in [3.8, 4) is 5.75 Å². The van der Waals surface area contributed by atoms with Crippen LogP contribution in [0, 0.1) is 0 Å². The SMILES string of the molecule is Cn1cc([C@@H]2NC(=O)CC[C@H]2NCc2cccc(OCc3ccccc3)c2)cn1. The zero-order valence-electron chi connectivity index (χ0n) is 16.5. The van der Waals surface area contributed by atoms with E-state index in [1.165, 1.54) is 0 Å². The summed E-state index contributed by atoms with van der Waals surface area (Å²) in [5.74, 6) is 0.946. The van der Waals surface area contributed by atoms with E-state index in [1.54, 1.807) is 4.68 Å². The van der Waals surface area contributed by atoms with E-state index in [0.29, 0.717) is 19.6 Å². The standard InChI is InChI=1S/C23H26N4O2/c1-27-15-19(14-25-27)23-21(10-11-22(28)26-23)24-13-18-8-5-9-20(12-18)29-16-17-6-3-2-4-7-17/h2-9,12,14-15,21,23-24H,10-11,13,16H2,1H3,(H,26,28)/t21-,23+/m1/s1. The van der Waals surface area contributed by atoms with Crippen LogP contribution in [-0.4, -0.2) is 21.7 Å².